The van der Waals surface area contributed by atoms with Gasteiger partial charge in [-0.3, -0.25) is 0 Å². The molecule has 0 saturated carbocycles. The van der Waals surface area contributed by atoms with Crippen LogP contribution in [0.15, 0.2) is 28.1 Å². The first-order valence-corrected chi connectivity index (χ1v) is 8.70. The number of rotatable bonds is 2. The molecule has 4 rings (SSSR count). The van der Waals surface area contributed by atoms with Crippen molar-refractivity contribution < 1.29 is 17.6 Å². The number of anilines is 1. The van der Waals surface area contributed by atoms with Crippen LogP contribution in [0.2, 0.25) is 0 Å². The van der Waals surface area contributed by atoms with Gasteiger partial charge in [0.05, 0.1) is 11.1 Å². The zero-order valence-corrected chi connectivity index (χ0v) is 14.1. The summed E-state index contributed by atoms with van der Waals surface area (Å²) in [6.45, 7) is 4.25. The summed E-state index contributed by atoms with van der Waals surface area (Å²) in [6, 6.07) is 2.61. The van der Waals surface area contributed by atoms with Crippen molar-refractivity contribution in [1.82, 2.24) is 15.3 Å². The molecule has 0 unspecified atom stereocenters. The number of fused-ring (bicyclic) bond motifs is 1. The highest BCUT2D eigenvalue weighted by molar-refractivity contribution is 7.13. The van der Waals surface area contributed by atoms with Crippen LogP contribution in [0.5, 0.6) is 0 Å². The van der Waals surface area contributed by atoms with Crippen molar-refractivity contribution in [2.24, 2.45) is 0 Å². The molecule has 0 aliphatic carbocycles. The molecule has 1 aliphatic rings. The first kappa shape index (κ1) is 16.3. The molecule has 1 saturated heterocycles. The van der Waals surface area contributed by atoms with E-state index in [0.29, 0.717) is 28.7 Å². The molecule has 2 aromatic heterocycles. The number of hydrogen-bond acceptors (Lipinski definition) is 6. The fraction of sp³-hybridized carbons (Fsp3) is 0.375. The minimum absolute atomic E-state index is 0.146. The van der Waals surface area contributed by atoms with Gasteiger partial charge in [-0.15, -0.1) is 11.3 Å². The topological polar surface area (TPSA) is 54.2 Å². The maximum atomic E-state index is 13.3. The summed E-state index contributed by atoms with van der Waals surface area (Å²) in [6.07, 6.45) is -2.90. The van der Waals surface area contributed by atoms with Crippen LogP contribution in [0.4, 0.5) is 19.2 Å². The Balaban J connectivity index is 1.89. The normalized spacial score (nSPS) is 18.9. The SMILES string of the molecule is C[C@H]1CNCCN1c1nc2cc(C(F)(F)F)cc(-c3nccs3)c2o1. The third kappa shape index (κ3) is 2.98. The van der Waals surface area contributed by atoms with Gasteiger partial charge >= 0.3 is 6.18 Å². The van der Waals surface area contributed by atoms with Crippen molar-refractivity contribution in [2.45, 2.75) is 19.1 Å². The molecule has 1 N–H and O–H groups in total. The summed E-state index contributed by atoms with van der Waals surface area (Å²) in [5.74, 6) is 0. The molecule has 1 aromatic carbocycles. The van der Waals surface area contributed by atoms with Crippen LogP contribution < -0.4 is 10.2 Å². The van der Waals surface area contributed by atoms with Gasteiger partial charge in [-0.1, -0.05) is 0 Å². The van der Waals surface area contributed by atoms with E-state index in [1.54, 1.807) is 11.6 Å². The molecule has 3 aromatic rings. The average molecular weight is 368 g/mol. The van der Waals surface area contributed by atoms with Gasteiger partial charge < -0.3 is 14.6 Å². The second-order valence-electron chi connectivity index (χ2n) is 5.95. The van der Waals surface area contributed by atoms with E-state index in [2.05, 4.69) is 15.3 Å². The Bertz CT molecular complexity index is 891. The average Bonchev–Trinajstić information content (AvgIpc) is 3.23. The number of piperazine rings is 1. The summed E-state index contributed by atoms with van der Waals surface area (Å²) in [5.41, 5.74) is 0.101. The van der Waals surface area contributed by atoms with Crippen molar-refractivity contribution in [1.29, 1.82) is 0 Å². The van der Waals surface area contributed by atoms with E-state index in [-0.39, 0.29) is 11.6 Å². The number of oxazole rings is 1. The molecule has 1 atom stereocenters. The van der Waals surface area contributed by atoms with Gasteiger partial charge in [0.15, 0.2) is 5.58 Å². The lowest BCUT2D eigenvalue weighted by molar-refractivity contribution is -0.137. The molecule has 5 nitrogen and oxygen atoms in total. The highest BCUT2D eigenvalue weighted by Gasteiger charge is 2.33. The smallest absolute Gasteiger partial charge is 0.416 e. The number of nitrogens with one attached hydrogen (secondary N) is 1. The van der Waals surface area contributed by atoms with Crippen LogP contribution in [0, 0.1) is 0 Å². The van der Waals surface area contributed by atoms with Gasteiger partial charge in [-0.2, -0.15) is 18.2 Å². The van der Waals surface area contributed by atoms with Crippen LogP contribution in [-0.4, -0.2) is 35.6 Å². The zero-order chi connectivity index (χ0) is 17.6. The Morgan fingerprint density at radius 2 is 2.20 bits per heavy atom. The standard InChI is InChI=1S/C16H15F3N4OS/c1-9-8-20-2-4-23(9)15-22-12-7-10(16(17,18)19)6-11(13(12)24-15)14-21-3-5-25-14/h3,5-7,9,20H,2,4,8H2,1H3/t9-/m0/s1. The van der Waals surface area contributed by atoms with E-state index in [9.17, 15) is 13.2 Å². The Hall–Kier alpha value is -2.13. The molecule has 1 fully saturated rings. The third-order valence-electron chi connectivity index (χ3n) is 4.22. The van der Waals surface area contributed by atoms with Crippen LogP contribution in [0.3, 0.4) is 0 Å². The van der Waals surface area contributed by atoms with Crippen LogP contribution in [0.25, 0.3) is 21.7 Å². The van der Waals surface area contributed by atoms with Crippen molar-refractivity contribution in [3.05, 3.63) is 29.3 Å². The van der Waals surface area contributed by atoms with Crippen molar-refractivity contribution >= 4 is 28.5 Å². The molecule has 1 aliphatic heterocycles. The summed E-state index contributed by atoms with van der Waals surface area (Å²) >= 11 is 1.27. The number of benzene rings is 1. The van der Waals surface area contributed by atoms with Gasteiger partial charge in [0.25, 0.3) is 6.01 Å². The summed E-state index contributed by atoms with van der Waals surface area (Å²) in [5, 5.41) is 5.46. The van der Waals surface area contributed by atoms with Gasteiger partial charge in [0.2, 0.25) is 0 Å². The number of aromatic nitrogens is 2. The summed E-state index contributed by atoms with van der Waals surface area (Å²) in [7, 11) is 0. The number of thiazole rings is 1. The molecular weight excluding hydrogens is 353 g/mol. The molecular formula is C16H15F3N4OS. The molecule has 9 heteroatoms. The monoisotopic (exact) mass is 368 g/mol. The second kappa shape index (κ2) is 5.99. The lowest BCUT2D eigenvalue weighted by atomic mass is 10.1. The Kier molecular flexibility index (Phi) is 3.92. The van der Waals surface area contributed by atoms with E-state index in [0.717, 1.165) is 25.2 Å². The van der Waals surface area contributed by atoms with Crippen molar-refractivity contribution in [3.63, 3.8) is 0 Å². The molecule has 0 spiro atoms. The minimum Gasteiger partial charge on any atom is -0.423 e. The van der Waals surface area contributed by atoms with Gasteiger partial charge in [0, 0.05) is 37.3 Å². The van der Waals surface area contributed by atoms with Gasteiger partial charge in [-0.05, 0) is 19.1 Å². The zero-order valence-electron chi connectivity index (χ0n) is 13.3. The van der Waals surface area contributed by atoms with Crippen molar-refractivity contribution in [3.8, 4) is 10.6 Å². The number of halogens is 3. The Labute approximate surface area is 145 Å². The van der Waals surface area contributed by atoms with Crippen molar-refractivity contribution in [2.75, 3.05) is 24.5 Å². The largest absolute Gasteiger partial charge is 0.423 e. The summed E-state index contributed by atoms with van der Waals surface area (Å²) < 4.78 is 45.7. The highest BCUT2D eigenvalue weighted by Crippen LogP contribution is 2.39. The Morgan fingerprint density at radius 3 is 2.88 bits per heavy atom. The van der Waals surface area contributed by atoms with E-state index in [1.807, 2.05) is 11.8 Å². The first-order valence-electron chi connectivity index (χ1n) is 7.82. The number of alkyl halides is 3. The van der Waals surface area contributed by atoms with E-state index in [1.165, 1.54) is 11.3 Å². The predicted molar refractivity (Wildman–Crippen MR) is 89.8 cm³/mol. The molecule has 0 radical (unpaired) electrons. The fourth-order valence-corrected chi connectivity index (χ4v) is 3.60. The lowest BCUT2D eigenvalue weighted by Crippen LogP contribution is -2.50. The maximum absolute atomic E-state index is 13.3. The van der Waals surface area contributed by atoms with Crippen LogP contribution in [-0.2, 0) is 6.18 Å². The number of nitrogens with zero attached hydrogens (tertiary/aromatic N) is 3. The van der Waals surface area contributed by atoms with Gasteiger partial charge in [-0.25, -0.2) is 4.98 Å². The highest BCUT2D eigenvalue weighted by atomic mass is 32.1. The van der Waals surface area contributed by atoms with E-state index >= 15 is 0 Å². The Morgan fingerprint density at radius 1 is 1.36 bits per heavy atom. The second-order valence-corrected chi connectivity index (χ2v) is 6.84. The first-order chi connectivity index (χ1) is 11.9. The quantitative estimate of drug-likeness (QED) is 0.746. The van der Waals surface area contributed by atoms with Gasteiger partial charge in [0.1, 0.15) is 10.5 Å². The molecule has 0 bridgehead atoms. The molecule has 25 heavy (non-hydrogen) atoms. The lowest BCUT2D eigenvalue weighted by Gasteiger charge is -2.32. The third-order valence-corrected chi connectivity index (χ3v) is 5.02. The number of hydrogen-bond donors (Lipinski definition) is 1. The summed E-state index contributed by atoms with van der Waals surface area (Å²) in [4.78, 5) is 10.4. The maximum Gasteiger partial charge on any atom is 0.416 e. The molecule has 3 heterocycles. The van der Waals surface area contributed by atoms with E-state index < -0.39 is 11.7 Å². The van der Waals surface area contributed by atoms with Crippen LogP contribution >= 0.6 is 11.3 Å². The van der Waals surface area contributed by atoms with Crippen LogP contribution in [0.1, 0.15) is 12.5 Å². The predicted octanol–water partition coefficient (Wildman–Crippen LogP) is 3.77. The van der Waals surface area contributed by atoms with E-state index in [4.69, 9.17) is 4.42 Å². The fourth-order valence-electron chi connectivity index (χ4n) is 2.95. The minimum atomic E-state index is -4.46. The molecule has 0 amide bonds. The molecule has 132 valence electrons.